The van der Waals surface area contributed by atoms with Crippen LogP contribution in [0.15, 0.2) is 29.2 Å². The number of nitrogens with one attached hydrogen (secondary N) is 2. The molecule has 5 nitrogen and oxygen atoms in total. The normalized spacial score (nSPS) is 18.6. The lowest BCUT2D eigenvalue weighted by Crippen LogP contribution is -2.26. The van der Waals surface area contributed by atoms with Gasteiger partial charge in [-0.15, -0.1) is 12.4 Å². The lowest BCUT2D eigenvalue weighted by atomic mass is 10.1. The number of hydrogen-bond acceptors (Lipinski definition) is 4. The van der Waals surface area contributed by atoms with Gasteiger partial charge in [0.25, 0.3) is 0 Å². The first-order valence-corrected chi connectivity index (χ1v) is 7.94. The van der Waals surface area contributed by atoms with Crippen molar-refractivity contribution in [3.05, 3.63) is 24.3 Å². The zero-order valence-corrected chi connectivity index (χ0v) is 13.1. The summed E-state index contributed by atoms with van der Waals surface area (Å²) in [6, 6.07) is 6.40. The van der Waals surface area contributed by atoms with Crippen LogP contribution in [0.25, 0.3) is 0 Å². The maximum Gasteiger partial charge on any atom is 0.240 e. The van der Waals surface area contributed by atoms with E-state index in [9.17, 15) is 8.42 Å². The summed E-state index contributed by atoms with van der Waals surface area (Å²) >= 11 is 0. The quantitative estimate of drug-likeness (QED) is 0.831. The molecule has 1 atom stereocenters. The molecule has 1 aliphatic rings. The van der Waals surface area contributed by atoms with Crippen molar-refractivity contribution in [3.63, 3.8) is 0 Å². The minimum Gasteiger partial charge on any atom is -0.497 e. The topological polar surface area (TPSA) is 67.4 Å². The van der Waals surface area contributed by atoms with E-state index in [0.717, 1.165) is 25.9 Å². The second-order valence-corrected chi connectivity index (χ2v) is 6.49. The van der Waals surface area contributed by atoms with E-state index in [0.29, 0.717) is 18.2 Å². The van der Waals surface area contributed by atoms with Gasteiger partial charge in [0.1, 0.15) is 5.75 Å². The standard InChI is InChI=1S/C13H20N2O3S.ClH/c1-18-12-2-4-13(5-3-12)19(16,17)15-9-7-11-6-8-14-10-11;/h2-5,11,14-15H,6-10H2,1H3;1H. The Hall–Kier alpha value is -0.820. The third-order valence-corrected chi connectivity index (χ3v) is 4.85. The van der Waals surface area contributed by atoms with E-state index in [2.05, 4.69) is 10.0 Å². The molecule has 0 spiro atoms. The summed E-state index contributed by atoms with van der Waals surface area (Å²) in [6.07, 6.45) is 2.01. The summed E-state index contributed by atoms with van der Waals surface area (Å²) in [6.45, 7) is 2.51. The van der Waals surface area contributed by atoms with Crippen LogP contribution in [0.4, 0.5) is 0 Å². The minimum atomic E-state index is -3.40. The molecule has 1 heterocycles. The van der Waals surface area contributed by atoms with E-state index < -0.39 is 10.0 Å². The summed E-state index contributed by atoms with van der Waals surface area (Å²) in [5.41, 5.74) is 0. The van der Waals surface area contributed by atoms with Crippen LogP contribution in [-0.4, -0.2) is 35.2 Å². The van der Waals surface area contributed by atoms with Crippen LogP contribution in [0.2, 0.25) is 0 Å². The van der Waals surface area contributed by atoms with Gasteiger partial charge in [-0.25, -0.2) is 13.1 Å². The molecule has 2 rings (SSSR count). The summed E-state index contributed by atoms with van der Waals surface area (Å²) in [4.78, 5) is 0.276. The maximum absolute atomic E-state index is 12.0. The predicted molar refractivity (Wildman–Crippen MR) is 81.0 cm³/mol. The fraction of sp³-hybridized carbons (Fsp3) is 0.538. The van der Waals surface area contributed by atoms with Gasteiger partial charge in [0.2, 0.25) is 10.0 Å². The average molecular weight is 321 g/mol. The van der Waals surface area contributed by atoms with Crippen molar-refractivity contribution in [2.24, 2.45) is 5.92 Å². The van der Waals surface area contributed by atoms with Gasteiger partial charge in [0.15, 0.2) is 0 Å². The van der Waals surface area contributed by atoms with E-state index >= 15 is 0 Å². The zero-order chi connectivity index (χ0) is 13.7. The Morgan fingerprint density at radius 2 is 2.05 bits per heavy atom. The molecule has 1 unspecified atom stereocenters. The third-order valence-electron chi connectivity index (χ3n) is 3.38. The Morgan fingerprint density at radius 3 is 2.60 bits per heavy atom. The summed E-state index contributed by atoms with van der Waals surface area (Å²) in [5.74, 6) is 1.23. The van der Waals surface area contributed by atoms with Crippen molar-refractivity contribution in [1.29, 1.82) is 0 Å². The molecule has 7 heteroatoms. The van der Waals surface area contributed by atoms with Gasteiger partial charge in [-0.1, -0.05) is 0 Å². The molecule has 0 bridgehead atoms. The molecule has 1 aliphatic heterocycles. The van der Waals surface area contributed by atoms with Crippen LogP contribution in [-0.2, 0) is 10.0 Å². The molecule has 1 aromatic rings. The zero-order valence-electron chi connectivity index (χ0n) is 11.5. The number of benzene rings is 1. The second kappa shape index (κ2) is 7.83. The van der Waals surface area contributed by atoms with Gasteiger partial charge in [-0.05, 0) is 56.1 Å². The summed E-state index contributed by atoms with van der Waals surface area (Å²) in [7, 11) is -1.85. The molecule has 114 valence electrons. The van der Waals surface area contributed by atoms with Gasteiger partial charge >= 0.3 is 0 Å². The van der Waals surface area contributed by atoms with Crippen molar-refractivity contribution in [3.8, 4) is 5.75 Å². The van der Waals surface area contributed by atoms with Crippen molar-refractivity contribution in [1.82, 2.24) is 10.0 Å². The highest BCUT2D eigenvalue weighted by Crippen LogP contribution is 2.16. The Kier molecular flexibility index (Phi) is 6.75. The molecule has 1 aromatic carbocycles. The highest BCUT2D eigenvalue weighted by Gasteiger charge is 2.17. The molecule has 0 aliphatic carbocycles. The molecule has 0 saturated carbocycles. The van der Waals surface area contributed by atoms with Crippen LogP contribution >= 0.6 is 12.4 Å². The Bertz CT molecular complexity index is 499. The highest BCUT2D eigenvalue weighted by atomic mass is 35.5. The molecular formula is C13H21ClN2O3S. The first kappa shape index (κ1) is 17.2. The first-order chi connectivity index (χ1) is 9.12. The van der Waals surface area contributed by atoms with Crippen LogP contribution in [0.3, 0.4) is 0 Å². The fourth-order valence-electron chi connectivity index (χ4n) is 2.20. The van der Waals surface area contributed by atoms with Crippen molar-refractivity contribution in [2.45, 2.75) is 17.7 Å². The molecule has 20 heavy (non-hydrogen) atoms. The van der Waals surface area contributed by atoms with Crippen molar-refractivity contribution in [2.75, 3.05) is 26.7 Å². The summed E-state index contributed by atoms with van der Waals surface area (Å²) < 4.78 is 31.7. The van der Waals surface area contributed by atoms with E-state index in [4.69, 9.17) is 4.74 Å². The minimum absolute atomic E-state index is 0. The van der Waals surface area contributed by atoms with Crippen LogP contribution in [0.1, 0.15) is 12.8 Å². The van der Waals surface area contributed by atoms with Crippen molar-refractivity contribution >= 4 is 22.4 Å². The second-order valence-electron chi connectivity index (χ2n) is 4.72. The van der Waals surface area contributed by atoms with Crippen LogP contribution < -0.4 is 14.8 Å². The largest absolute Gasteiger partial charge is 0.497 e. The highest BCUT2D eigenvalue weighted by molar-refractivity contribution is 7.89. The lowest BCUT2D eigenvalue weighted by Gasteiger charge is -2.10. The van der Waals surface area contributed by atoms with Crippen molar-refractivity contribution < 1.29 is 13.2 Å². The molecule has 0 radical (unpaired) electrons. The van der Waals surface area contributed by atoms with E-state index in [1.807, 2.05) is 0 Å². The number of rotatable bonds is 6. The van der Waals surface area contributed by atoms with Crippen LogP contribution in [0.5, 0.6) is 5.75 Å². The number of ether oxygens (including phenoxy) is 1. The van der Waals surface area contributed by atoms with Gasteiger partial charge in [-0.2, -0.15) is 0 Å². The Morgan fingerprint density at radius 1 is 1.35 bits per heavy atom. The number of sulfonamides is 1. The first-order valence-electron chi connectivity index (χ1n) is 6.46. The number of methoxy groups -OCH3 is 1. The molecule has 2 N–H and O–H groups in total. The average Bonchev–Trinajstić information content (AvgIpc) is 2.92. The SMILES string of the molecule is COc1ccc(S(=O)(=O)NCCC2CCNC2)cc1.Cl. The van der Waals surface area contributed by atoms with Gasteiger partial charge in [0.05, 0.1) is 12.0 Å². The molecule has 0 amide bonds. The Balaban J connectivity index is 0.00000200. The third kappa shape index (κ3) is 4.63. The van der Waals surface area contributed by atoms with E-state index in [-0.39, 0.29) is 17.3 Å². The number of hydrogen-bond donors (Lipinski definition) is 2. The molecule has 1 fully saturated rings. The molecule has 0 aromatic heterocycles. The smallest absolute Gasteiger partial charge is 0.240 e. The Labute approximate surface area is 126 Å². The monoisotopic (exact) mass is 320 g/mol. The predicted octanol–water partition coefficient (Wildman–Crippen LogP) is 1.39. The van der Waals surface area contributed by atoms with E-state index in [1.54, 1.807) is 31.4 Å². The van der Waals surface area contributed by atoms with Crippen LogP contribution in [0, 0.1) is 5.92 Å². The van der Waals surface area contributed by atoms with E-state index in [1.165, 1.54) is 0 Å². The van der Waals surface area contributed by atoms with Gasteiger partial charge in [-0.3, -0.25) is 0 Å². The molecule has 1 saturated heterocycles. The lowest BCUT2D eigenvalue weighted by molar-refractivity contribution is 0.414. The van der Waals surface area contributed by atoms with Gasteiger partial charge < -0.3 is 10.1 Å². The molecular weight excluding hydrogens is 300 g/mol. The fourth-order valence-corrected chi connectivity index (χ4v) is 3.24. The summed E-state index contributed by atoms with van der Waals surface area (Å²) in [5, 5.41) is 3.27. The maximum atomic E-state index is 12.0. The van der Waals surface area contributed by atoms with Gasteiger partial charge in [0, 0.05) is 6.54 Å². The number of halogens is 1.